The van der Waals surface area contributed by atoms with E-state index < -0.39 is 36.4 Å². The van der Waals surface area contributed by atoms with Crippen molar-refractivity contribution in [2.45, 2.75) is 58.0 Å². The monoisotopic (exact) mass is 515 g/mol. The van der Waals surface area contributed by atoms with Crippen LogP contribution in [-0.2, 0) is 16.4 Å². The van der Waals surface area contributed by atoms with Crippen molar-refractivity contribution >= 4 is 30.1 Å². The molecule has 0 bridgehead atoms. The Morgan fingerprint density at radius 2 is 1.57 bits per heavy atom. The van der Waals surface area contributed by atoms with Gasteiger partial charge in [-0.25, -0.2) is 4.68 Å². The molecular weight excluding hydrogens is 486 g/mol. The number of aryl methyl sites for hydroxylation is 1. The van der Waals surface area contributed by atoms with Gasteiger partial charge in [0.1, 0.15) is 6.04 Å². The molecule has 2 heterocycles. The summed E-state index contributed by atoms with van der Waals surface area (Å²) < 4.78 is 51.9. The van der Waals surface area contributed by atoms with Crippen LogP contribution < -0.4 is 16.1 Å². The molecule has 2 N–H and O–H groups in total. The number of hydrogen-bond acceptors (Lipinski definition) is 6. The van der Waals surface area contributed by atoms with Crippen LogP contribution in [0.2, 0.25) is 0 Å². The number of anilines is 2. The normalized spacial score (nSPS) is 17.5. The van der Waals surface area contributed by atoms with Crippen molar-refractivity contribution in [2.75, 3.05) is 5.32 Å². The van der Waals surface area contributed by atoms with Gasteiger partial charge in [-0.3, -0.25) is 4.79 Å². The molecule has 1 fully saturated rings. The van der Waals surface area contributed by atoms with Crippen molar-refractivity contribution in [1.82, 2.24) is 20.1 Å². The van der Waals surface area contributed by atoms with Crippen LogP contribution in [0.5, 0.6) is 0 Å². The molecule has 1 atom stereocenters. The number of hydrogen-bond donors (Lipinski definition) is 2. The summed E-state index contributed by atoms with van der Waals surface area (Å²) in [5.74, 6) is 0.0744. The highest BCUT2D eigenvalue weighted by molar-refractivity contribution is 6.62. The van der Waals surface area contributed by atoms with Crippen LogP contribution in [0.1, 0.15) is 45.0 Å². The zero-order valence-electron chi connectivity index (χ0n) is 21.5. The molecule has 0 radical (unpaired) electrons. The Labute approximate surface area is 213 Å². The lowest BCUT2D eigenvalue weighted by molar-refractivity contribution is -0.149. The molecule has 2 aromatic carbocycles. The van der Waals surface area contributed by atoms with Gasteiger partial charge in [0.15, 0.2) is 5.82 Å². The average Bonchev–Trinajstić information content (AvgIpc) is 3.28. The number of alkyl halides is 3. The maximum atomic E-state index is 12.7. The van der Waals surface area contributed by atoms with Gasteiger partial charge in [-0.1, -0.05) is 24.3 Å². The standard InChI is InChI=1S/C25H29BF3N5O3/c1-15(25(27,28)29)30-21(35)17-9-7-16(8-10-17)20-32-22(34(6)33-20)31-19-13-11-18(12-14-19)26-36-23(2,3)24(4,5)37-26/h7-15H,1-6H3,(H,30,35)(H,31,32,33). The minimum absolute atomic E-state index is 0.108. The second-order valence-electron chi connectivity index (χ2n) is 10.0. The van der Waals surface area contributed by atoms with Gasteiger partial charge in [-0.05, 0) is 64.3 Å². The van der Waals surface area contributed by atoms with E-state index in [1.165, 1.54) is 12.1 Å². The van der Waals surface area contributed by atoms with Gasteiger partial charge in [0.25, 0.3) is 5.91 Å². The minimum Gasteiger partial charge on any atom is -0.399 e. The Balaban J connectivity index is 1.42. The summed E-state index contributed by atoms with van der Waals surface area (Å²) in [6, 6.07) is 11.7. The van der Waals surface area contributed by atoms with Gasteiger partial charge in [-0.2, -0.15) is 18.2 Å². The summed E-state index contributed by atoms with van der Waals surface area (Å²) in [5.41, 5.74) is 1.56. The van der Waals surface area contributed by atoms with E-state index in [1.807, 2.05) is 57.3 Å². The van der Waals surface area contributed by atoms with E-state index in [1.54, 1.807) is 23.9 Å². The van der Waals surface area contributed by atoms with Crippen LogP contribution in [-0.4, -0.2) is 51.2 Å². The quantitative estimate of drug-likeness (QED) is 0.479. The van der Waals surface area contributed by atoms with Crippen molar-refractivity contribution in [3.05, 3.63) is 54.1 Å². The predicted octanol–water partition coefficient (Wildman–Crippen LogP) is 4.21. The first kappa shape index (κ1) is 26.7. The van der Waals surface area contributed by atoms with E-state index >= 15 is 0 Å². The highest BCUT2D eigenvalue weighted by Crippen LogP contribution is 2.36. The molecule has 12 heteroatoms. The molecule has 0 saturated carbocycles. The van der Waals surface area contributed by atoms with Crippen molar-refractivity contribution < 1.29 is 27.3 Å². The summed E-state index contributed by atoms with van der Waals surface area (Å²) >= 11 is 0. The zero-order valence-corrected chi connectivity index (χ0v) is 21.5. The Morgan fingerprint density at radius 1 is 1.00 bits per heavy atom. The fraction of sp³-hybridized carbons (Fsp3) is 0.400. The topological polar surface area (TPSA) is 90.3 Å². The highest BCUT2D eigenvalue weighted by Gasteiger charge is 2.51. The number of carbonyl (C=O) groups is 1. The number of nitrogens with one attached hydrogen (secondary N) is 2. The summed E-state index contributed by atoms with van der Waals surface area (Å²) in [5, 5.41) is 9.55. The molecule has 196 valence electrons. The van der Waals surface area contributed by atoms with Gasteiger partial charge in [0, 0.05) is 23.9 Å². The van der Waals surface area contributed by atoms with Gasteiger partial charge < -0.3 is 19.9 Å². The number of nitrogens with zero attached hydrogens (tertiary/aromatic N) is 3. The molecule has 0 aliphatic carbocycles. The number of amides is 1. The summed E-state index contributed by atoms with van der Waals surface area (Å²) in [7, 11) is 1.28. The first-order valence-electron chi connectivity index (χ1n) is 11.8. The number of carbonyl (C=O) groups excluding carboxylic acids is 1. The van der Waals surface area contributed by atoms with Crippen LogP contribution in [0.3, 0.4) is 0 Å². The van der Waals surface area contributed by atoms with E-state index in [0.29, 0.717) is 17.3 Å². The van der Waals surface area contributed by atoms with Crippen molar-refractivity contribution in [3.8, 4) is 11.4 Å². The van der Waals surface area contributed by atoms with Crippen molar-refractivity contribution in [2.24, 2.45) is 7.05 Å². The largest absolute Gasteiger partial charge is 0.494 e. The van der Waals surface area contributed by atoms with Crippen LogP contribution >= 0.6 is 0 Å². The van der Waals surface area contributed by atoms with Gasteiger partial charge in [0.05, 0.1) is 11.2 Å². The zero-order chi connectivity index (χ0) is 27.2. The second-order valence-corrected chi connectivity index (χ2v) is 10.0. The van der Waals surface area contributed by atoms with E-state index in [0.717, 1.165) is 18.1 Å². The first-order chi connectivity index (χ1) is 17.2. The SMILES string of the molecule is CC(NC(=O)c1ccc(-c2nc(Nc3ccc(B4OC(C)(C)C(C)(C)O4)cc3)n(C)n2)cc1)C(F)(F)F. The Hall–Kier alpha value is -3.38. The second kappa shape index (κ2) is 9.49. The van der Waals surface area contributed by atoms with E-state index in [-0.39, 0.29) is 5.56 Å². The molecule has 8 nitrogen and oxygen atoms in total. The molecule has 3 aromatic rings. The number of rotatable bonds is 6. The highest BCUT2D eigenvalue weighted by atomic mass is 19.4. The molecule has 1 aliphatic rings. The van der Waals surface area contributed by atoms with Crippen LogP contribution in [0.15, 0.2) is 48.5 Å². The first-order valence-corrected chi connectivity index (χ1v) is 11.8. The third-order valence-electron chi connectivity index (χ3n) is 6.70. The van der Waals surface area contributed by atoms with Crippen molar-refractivity contribution in [3.63, 3.8) is 0 Å². The van der Waals surface area contributed by atoms with Crippen LogP contribution in [0.4, 0.5) is 24.8 Å². The van der Waals surface area contributed by atoms with E-state index in [4.69, 9.17) is 9.31 Å². The minimum atomic E-state index is -4.51. The number of benzene rings is 2. The Kier molecular flexibility index (Phi) is 6.85. The van der Waals surface area contributed by atoms with Crippen molar-refractivity contribution in [1.29, 1.82) is 0 Å². The molecule has 1 amide bonds. The Bertz CT molecular complexity index is 1260. The predicted molar refractivity (Wildman–Crippen MR) is 135 cm³/mol. The third kappa shape index (κ3) is 5.64. The molecule has 4 rings (SSSR count). The number of halogens is 3. The van der Waals surface area contributed by atoms with Gasteiger partial charge >= 0.3 is 13.3 Å². The summed E-state index contributed by atoms with van der Waals surface area (Å²) in [6.07, 6.45) is -4.51. The Morgan fingerprint density at radius 3 is 2.11 bits per heavy atom. The average molecular weight is 515 g/mol. The van der Waals surface area contributed by atoms with Crippen LogP contribution in [0.25, 0.3) is 11.4 Å². The smallest absolute Gasteiger partial charge is 0.399 e. The van der Waals surface area contributed by atoms with Gasteiger partial charge in [0.2, 0.25) is 5.95 Å². The fourth-order valence-corrected chi connectivity index (χ4v) is 3.58. The molecule has 37 heavy (non-hydrogen) atoms. The third-order valence-corrected chi connectivity index (χ3v) is 6.70. The molecule has 1 aromatic heterocycles. The summed E-state index contributed by atoms with van der Waals surface area (Å²) in [6.45, 7) is 8.91. The lowest BCUT2D eigenvalue weighted by Crippen LogP contribution is -2.43. The molecular formula is C25H29BF3N5O3. The van der Waals surface area contributed by atoms with Crippen LogP contribution in [0, 0.1) is 0 Å². The van der Waals surface area contributed by atoms with E-state index in [2.05, 4.69) is 15.4 Å². The number of aromatic nitrogens is 3. The van der Waals surface area contributed by atoms with Gasteiger partial charge in [-0.15, -0.1) is 5.10 Å². The molecule has 1 unspecified atom stereocenters. The lowest BCUT2D eigenvalue weighted by atomic mass is 9.79. The maximum absolute atomic E-state index is 12.7. The van der Waals surface area contributed by atoms with E-state index in [9.17, 15) is 18.0 Å². The maximum Gasteiger partial charge on any atom is 0.494 e. The molecule has 1 aliphatic heterocycles. The lowest BCUT2D eigenvalue weighted by Gasteiger charge is -2.32. The molecule has 1 saturated heterocycles. The summed E-state index contributed by atoms with van der Waals surface area (Å²) in [4.78, 5) is 16.6. The fourth-order valence-electron chi connectivity index (χ4n) is 3.58. The molecule has 0 spiro atoms.